The van der Waals surface area contributed by atoms with Crippen LogP contribution < -0.4 is 0 Å². The summed E-state index contributed by atoms with van der Waals surface area (Å²) >= 11 is 0. The van der Waals surface area contributed by atoms with Crippen LogP contribution in [0.25, 0.3) is 0 Å². The van der Waals surface area contributed by atoms with Crippen LogP contribution >= 0.6 is 0 Å². The van der Waals surface area contributed by atoms with E-state index in [1.807, 2.05) is 0 Å². The van der Waals surface area contributed by atoms with Gasteiger partial charge in [0.1, 0.15) is 0 Å². The van der Waals surface area contributed by atoms with E-state index in [4.69, 9.17) is 0 Å². The van der Waals surface area contributed by atoms with Gasteiger partial charge in [-0.15, -0.1) is 0 Å². The third-order valence-corrected chi connectivity index (χ3v) is 11.8. The van der Waals surface area contributed by atoms with Crippen molar-refractivity contribution in [3.05, 3.63) is 0 Å². The number of hydrogen-bond acceptors (Lipinski definition) is 0. The lowest BCUT2D eigenvalue weighted by Crippen LogP contribution is -3.06. The van der Waals surface area contributed by atoms with E-state index in [1.165, 1.54) is 0 Å². The third-order valence-electron chi connectivity index (χ3n) is 11.8. The molecule has 0 radical (unpaired) electrons. The molecule has 0 bridgehead atoms. The van der Waals surface area contributed by atoms with Crippen LogP contribution in [0.5, 0.6) is 0 Å². The number of halogens is 44. The molecule has 0 nitrogen and oxygen atoms in total. The standard InChI is InChI=1S/C25F44/c26-2(6(30,31)14(46,47)22(62,63)15(48,49)7(2,32)33)1(3(27)8(34,35)16(50,51)23(64,65)17(52,53)9(3,36)37,4(28)10(38,39)18(54,55)24(66,67)19(56,57)11(4,40)41)5(29)12(42,43)20(58,59)25(68,69)21(60,61)13(5,44)45. The molecule has 0 aliphatic heterocycles. The van der Waals surface area contributed by atoms with Gasteiger partial charge in [0.25, 0.3) is 22.7 Å². The van der Waals surface area contributed by atoms with Crippen molar-refractivity contribution in [2.75, 3.05) is 0 Å². The quantitative estimate of drug-likeness (QED) is 0.246. The van der Waals surface area contributed by atoms with E-state index in [-0.39, 0.29) is 0 Å². The molecular weight excluding hydrogens is 1140 g/mol. The van der Waals surface area contributed by atoms with E-state index in [2.05, 4.69) is 0 Å². The van der Waals surface area contributed by atoms with E-state index < -0.39 is 147 Å². The average Bonchev–Trinajstić information content (AvgIpc) is 3.13. The van der Waals surface area contributed by atoms with Gasteiger partial charge in [-0.1, -0.05) is 0 Å². The Morgan fingerprint density at radius 3 is 0.232 bits per heavy atom. The number of rotatable bonds is 4. The molecule has 0 heterocycles. The largest absolute Gasteiger partial charge is 0.384 e. The summed E-state index contributed by atoms with van der Waals surface area (Å²) in [5.41, 5.74) is -67.3. The molecular formula is C25F44. The summed E-state index contributed by atoms with van der Waals surface area (Å²) in [6, 6.07) is 0. The molecule has 4 aliphatic carbocycles. The van der Waals surface area contributed by atoms with Gasteiger partial charge in [-0.05, 0) is 0 Å². The molecule has 4 saturated carbocycles. The zero-order valence-electron chi connectivity index (χ0n) is 29.1. The lowest BCUT2D eigenvalue weighted by molar-refractivity contribution is -0.609. The summed E-state index contributed by atoms with van der Waals surface area (Å²) in [7, 11) is 0. The van der Waals surface area contributed by atoms with Crippen LogP contribution in [0.3, 0.4) is 0 Å². The first kappa shape index (κ1) is 58.5. The highest BCUT2D eigenvalue weighted by Crippen LogP contribution is 2.92. The van der Waals surface area contributed by atoms with Crippen molar-refractivity contribution in [1.82, 2.24) is 0 Å². The smallest absolute Gasteiger partial charge is 0.229 e. The van der Waals surface area contributed by atoms with Crippen molar-refractivity contribution in [3.8, 4) is 0 Å². The maximum absolute atomic E-state index is 17.5. The minimum atomic E-state index is -14.3. The maximum atomic E-state index is 17.5. The number of alkyl halides is 44. The van der Waals surface area contributed by atoms with Crippen molar-refractivity contribution in [2.24, 2.45) is 5.41 Å². The summed E-state index contributed by atoms with van der Waals surface area (Å²) in [5.74, 6) is -224. The van der Waals surface area contributed by atoms with Gasteiger partial charge in [0, 0.05) is 0 Å². The van der Waals surface area contributed by atoms with Gasteiger partial charge >= 0.3 is 118 Å². The molecule has 0 N–H and O–H groups in total. The highest BCUT2D eigenvalue weighted by atomic mass is 19.4. The monoisotopic (exact) mass is 1140 g/mol. The summed E-state index contributed by atoms with van der Waals surface area (Å²) in [5, 5.41) is 0. The second-order valence-corrected chi connectivity index (χ2v) is 14.9. The molecule has 69 heavy (non-hydrogen) atoms. The van der Waals surface area contributed by atoms with Crippen LogP contribution in [0.1, 0.15) is 0 Å². The Labute approximate surface area is 341 Å². The molecule has 408 valence electrons. The molecule has 4 fully saturated rings. The van der Waals surface area contributed by atoms with Crippen LogP contribution in [-0.2, 0) is 0 Å². The number of hydrogen-bond donors (Lipinski definition) is 0. The zero-order chi connectivity index (χ0) is 56.5. The normalized spacial score (nSPS) is 36.0. The third kappa shape index (κ3) is 4.15. The lowest BCUT2D eigenvalue weighted by atomic mass is 9.34. The molecule has 0 spiro atoms. The summed E-state index contributed by atoms with van der Waals surface area (Å²) in [6.45, 7) is 0. The van der Waals surface area contributed by atoms with Gasteiger partial charge in [-0.25, -0.2) is 17.6 Å². The van der Waals surface area contributed by atoms with Gasteiger partial charge in [0.15, 0.2) is 5.41 Å². The SMILES string of the molecule is FC1(F)C(F)(F)C(F)(F)C(F)(C(C2(F)C(F)(F)C(F)(F)C(F)(F)C(F)(F)C2(F)F)(C2(F)C(F)(F)C(F)(F)C(F)(F)C(F)(F)C2(F)F)C2(F)C(F)(F)C(F)(F)C(F)(F)C(F)(F)C2(F)F)C(F)(F)C1(F)F. The Morgan fingerprint density at radius 2 is 0.159 bits per heavy atom. The Kier molecular flexibility index (Phi) is 10.4. The van der Waals surface area contributed by atoms with Crippen LogP contribution in [0.2, 0.25) is 0 Å². The van der Waals surface area contributed by atoms with Crippen molar-refractivity contribution in [3.63, 3.8) is 0 Å². The summed E-state index contributed by atoms with van der Waals surface area (Å²) < 4.78 is 674. The molecule has 0 unspecified atom stereocenters. The minimum absolute atomic E-state index is 10.2. The highest BCUT2D eigenvalue weighted by Gasteiger charge is 3.24. The topological polar surface area (TPSA) is 0 Å². The molecule has 44 heteroatoms. The van der Waals surface area contributed by atoms with Crippen LogP contribution in [-0.4, -0.2) is 141 Å². The van der Waals surface area contributed by atoms with E-state index >= 15 is 87.8 Å². The molecule has 0 amide bonds. The Balaban J connectivity index is 3.04. The van der Waals surface area contributed by atoms with Crippen molar-refractivity contribution >= 4 is 0 Å². The molecule has 4 aliphatic rings. The second kappa shape index (κ2) is 12.3. The fourth-order valence-corrected chi connectivity index (χ4v) is 8.19. The molecule has 0 aromatic carbocycles. The first-order chi connectivity index (χ1) is 29.0. The Bertz CT molecular complexity index is 1720. The second-order valence-electron chi connectivity index (χ2n) is 14.9. The predicted molar refractivity (Wildman–Crippen MR) is 117 cm³/mol. The maximum Gasteiger partial charge on any atom is 0.384 e. The van der Waals surface area contributed by atoms with Crippen LogP contribution in [0.4, 0.5) is 193 Å². The Hall–Kier alpha value is -3.08. The average molecular weight is 1140 g/mol. The van der Waals surface area contributed by atoms with Crippen molar-refractivity contribution in [1.29, 1.82) is 0 Å². The fraction of sp³-hybridized carbons (Fsp3) is 1.00. The summed E-state index contributed by atoms with van der Waals surface area (Å²) in [4.78, 5) is 0. The molecule has 0 aromatic heterocycles. The van der Waals surface area contributed by atoms with E-state index in [9.17, 15) is 105 Å². The Morgan fingerprint density at radius 1 is 0.101 bits per heavy atom. The predicted octanol–water partition coefficient (Wildman–Crippen LogP) is 13.6. The summed E-state index contributed by atoms with van der Waals surface area (Å²) in [6.07, 6.45) is 0. The van der Waals surface area contributed by atoms with Crippen molar-refractivity contribution < 1.29 is 193 Å². The highest BCUT2D eigenvalue weighted by molar-refractivity contribution is 5.53. The van der Waals surface area contributed by atoms with Gasteiger partial charge in [0.05, 0.1) is 0 Å². The molecule has 0 aromatic rings. The van der Waals surface area contributed by atoms with Crippen LogP contribution in [0, 0.1) is 5.41 Å². The lowest BCUT2D eigenvalue weighted by Gasteiger charge is -2.74. The van der Waals surface area contributed by atoms with Gasteiger partial charge < -0.3 is 0 Å². The zero-order valence-corrected chi connectivity index (χ0v) is 29.1. The molecule has 0 atom stereocenters. The van der Waals surface area contributed by atoms with Crippen molar-refractivity contribution in [2.45, 2.75) is 141 Å². The van der Waals surface area contributed by atoms with Gasteiger partial charge in [0.2, 0.25) is 0 Å². The van der Waals surface area contributed by atoms with Crippen LogP contribution in [0.15, 0.2) is 0 Å². The van der Waals surface area contributed by atoms with E-state index in [0.717, 1.165) is 0 Å². The molecule has 4 rings (SSSR count). The van der Waals surface area contributed by atoms with E-state index in [1.54, 1.807) is 0 Å². The molecule has 0 saturated heterocycles. The van der Waals surface area contributed by atoms with Gasteiger partial charge in [-0.3, -0.25) is 0 Å². The first-order valence-electron chi connectivity index (χ1n) is 15.3. The van der Waals surface area contributed by atoms with E-state index in [0.29, 0.717) is 0 Å². The first-order valence-corrected chi connectivity index (χ1v) is 15.3. The minimum Gasteiger partial charge on any atom is -0.229 e. The van der Waals surface area contributed by atoms with Gasteiger partial charge in [-0.2, -0.15) is 176 Å². The fourth-order valence-electron chi connectivity index (χ4n) is 8.19.